The number of hydrogen-bond acceptors (Lipinski definition) is 3. The van der Waals surface area contributed by atoms with E-state index in [-0.39, 0.29) is 17.6 Å². The van der Waals surface area contributed by atoms with E-state index in [2.05, 4.69) is 6.92 Å². The molecule has 2 atom stereocenters. The molecule has 1 aromatic heterocycles. The molecule has 112 valence electrons. The molecular weight excluding hydrogens is 276 g/mol. The van der Waals surface area contributed by atoms with Crippen LogP contribution in [0.3, 0.4) is 0 Å². The summed E-state index contributed by atoms with van der Waals surface area (Å²) in [7, 11) is -1.39. The summed E-state index contributed by atoms with van der Waals surface area (Å²) in [5.41, 5.74) is 0.659. The molecule has 0 bridgehead atoms. The van der Waals surface area contributed by atoms with Gasteiger partial charge in [0.1, 0.15) is 0 Å². The zero-order valence-electron chi connectivity index (χ0n) is 12.2. The first kappa shape index (κ1) is 15.3. The van der Waals surface area contributed by atoms with Crippen molar-refractivity contribution in [2.75, 3.05) is 19.3 Å². The van der Waals surface area contributed by atoms with E-state index < -0.39 is 10.0 Å². The third kappa shape index (κ3) is 2.96. The smallest absolute Gasteiger partial charge is 0.211 e. The van der Waals surface area contributed by atoms with Crippen LogP contribution in [0.5, 0.6) is 0 Å². The minimum atomic E-state index is -3.22. The average Bonchev–Trinajstić information content (AvgIpc) is 2.94. The molecule has 1 aromatic rings. The Morgan fingerprint density at radius 3 is 2.60 bits per heavy atom. The second-order valence-corrected chi connectivity index (χ2v) is 7.59. The number of rotatable bonds is 5. The maximum absolute atomic E-state index is 12.6. The van der Waals surface area contributed by atoms with Crippen molar-refractivity contribution in [3.05, 3.63) is 24.0 Å². The third-order valence-electron chi connectivity index (χ3n) is 4.07. The Kier molecular flexibility index (Phi) is 4.34. The van der Waals surface area contributed by atoms with Crippen molar-refractivity contribution in [2.45, 2.75) is 19.8 Å². The van der Waals surface area contributed by atoms with Crippen LogP contribution in [0, 0.1) is 11.8 Å². The minimum Gasteiger partial charge on any atom is -0.348 e. The Bertz CT molecular complexity index is 591. The van der Waals surface area contributed by atoms with E-state index >= 15 is 0 Å². The largest absolute Gasteiger partial charge is 0.348 e. The SMILES string of the molecule is CCC[C@H]1CN(S(C)(=O)=O)CC1C(=O)c1cccn1C. The fraction of sp³-hybridized carbons (Fsp3) is 0.643. The summed E-state index contributed by atoms with van der Waals surface area (Å²) in [5, 5.41) is 0. The van der Waals surface area contributed by atoms with Crippen LogP contribution in [0.15, 0.2) is 18.3 Å². The summed E-state index contributed by atoms with van der Waals surface area (Å²) in [5.74, 6) is -0.0440. The zero-order valence-corrected chi connectivity index (χ0v) is 13.1. The molecule has 1 fully saturated rings. The van der Waals surface area contributed by atoms with Crippen LogP contribution >= 0.6 is 0 Å². The lowest BCUT2D eigenvalue weighted by Crippen LogP contribution is -2.29. The summed E-state index contributed by atoms with van der Waals surface area (Å²) >= 11 is 0. The van der Waals surface area contributed by atoms with Gasteiger partial charge < -0.3 is 4.57 Å². The summed E-state index contributed by atoms with van der Waals surface area (Å²) in [4.78, 5) is 12.6. The van der Waals surface area contributed by atoms with Gasteiger partial charge in [-0.3, -0.25) is 4.79 Å². The lowest BCUT2D eigenvalue weighted by Gasteiger charge is -2.16. The van der Waals surface area contributed by atoms with Gasteiger partial charge in [0.2, 0.25) is 10.0 Å². The third-order valence-corrected chi connectivity index (χ3v) is 5.31. The van der Waals surface area contributed by atoms with E-state index in [1.165, 1.54) is 10.6 Å². The van der Waals surface area contributed by atoms with Crippen molar-refractivity contribution in [1.82, 2.24) is 8.87 Å². The second-order valence-electron chi connectivity index (χ2n) is 5.60. The van der Waals surface area contributed by atoms with E-state index in [4.69, 9.17) is 0 Å². The molecule has 0 spiro atoms. The van der Waals surface area contributed by atoms with Gasteiger partial charge in [0, 0.05) is 32.3 Å². The first-order valence-corrected chi connectivity index (χ1v) is 8.80. The van der Waals surface area contributed by atoms with Crippen LogP contribution in [0.2, 0.25) is 0 Å². The molecule has 1 saturated heterocycles. The summed E-state index contributed by atoms with van der Waals surface area (Å²) in [6.07, 6.45) is 4.89. The molecule has 0 N–H and O–H groups in total. The molecule has 2 heterocycles. The molecule has 0 radical (unpaired) electrons. The van der Waals surface area contributed by atoms with Crippen molar-refractivity contribution >= 4 is 15.8 Å². The van der Waals surface area contributed by atoms with Crippen molar-refractivity contribution in [3.63, 3.8) is 0 Å². The molecule has 6 heteroatoms. The highest BCUT2D eigenvalue weighted by molar-refractivity contribution is 7.88. The predicted molar refractivity (Wildman–Crippen MR) is 78.0 cm³/mol. The first-order valence-electron chi connectivity index (χ1n) is 6.95. The van der Waals surface area contributed by atoms with Crippen LogP contribution in [-0.4, -0.2) is 42.4 Å². The highest BCUT2D eigenvalue weighted by Crippen LogP contribution is 2.31. The number of Topliss-reactive ketones (excluding diaryl/α,β-unsaturated/α-hetero) is 1. The molecule has 2 rings (SSSR count). The predicted octanol–water partition coefficient (Wildman–Crippen LogP) is 1.52. The molecule has 1 aliphatic heterocycles. The molecule has 0 aliphatic carbocycles. The molecular formula is C14H22N2O3S. The molecule has 1 aliphatic rings. The second kappa shape index (κ2) is 5.69. The average molecular weight is 298 g/mol. The highest BCUT2D eigenvalue weighted by atomic mass is 32.2. The summed E-state index contributed by atoms with van der Waals surface area (Å²) < 4.78 is 26.7. The van der Waals surface area contributed by atoms with Crippen molar-refractivity contribution < 1.29 is 13.2 Å². The lowest BCUT2D eigenvalue weighted by molar-refractivity contribution is 0.0889. The lowest BCUT2D eigenvalue weighted by atomic mass is 9.87. The van der Waals surface area contributed by atoms with Gasteiger partial charge in [0.05, 0.1) is 11.9 Å². The maximum atomic E-state index is 12.6. The number of carbonyl (C=O) groups is 1. The summed E-state index contributed by atoms with van der Waals surface area (Å²) in [6, 6.07) is 3.64. The zero-order chi connectivity index (χ0) is 14.9. The number of hydrogen-bond donors (Lipinski definition) is 0. The molecule has 1 unspecified atom stereocenters. The van der Waals surface area contributed by atoms with Gasteiger partial charge in [-0.1, -0.05) is 13.3 Å². The van der Waals surface area contributed by atoms with Gasteiger partial charge in [-0.25, -0.2) is 12.7 Å². The van der Waals surface area contributed by atoms with Crippen LogP contribution in [-0.2, 0) is 17.1 Å². The van der Waals surface area contributed by atoms with Crippen LogP contribution in [0.4, 0.5) is 0 Å². The normalized spacial score (nSPS) is 24.1. The number of nitrogens with zero attached hydrogens (tertiary/aromatic N) is 2. The molecule has 0 saturated carbocycles. The topological polar surface area (TPSA) is 59.4 Å². The standard InChI is InChI=1S/C14H22N2O3S/c1-4-6-11-9-16(20(3,18)19)10-12(11)14(17)13-7-5-8-15(13)2/h5,7-8,11-12H,4,6,9-10H2,1-3H3/t11-,12?/m0/s1. The van der Waals surface area contributed by atoms with Crippen LogP contribution < -0.4 is 0 Å². The van der Waals surface area contributed by atoms with Crippen LogP contribution in [0.1, 0.15) is 30.3 Å². The fourth-order valence-electron chi connectivity index (χ4n) is 2.97. The Labute approximate surface area is 120 Å². The molecule has 20 heavy (non-hydrogen) atoms. The number of sulfonamides is 1. The molecule has 0 aromatic carbocycles. The Hall–Kier alpha value is -1.14. The fourth-order valence-corrected chi connectivity index (χ4v) is 3.86. The monoisotopic (exact) mass is 298 g/mol. The van der Waals surface area contributed by atoms with Crippen molar-refractivity contribution in [3.8, 4) is 0 Å². The van der Waals surface area contributed by atoms with Crippen LogP contribution in [0.25, 0.3) is 0 Å². The van der Waals surface area contributed by atoms with Gasteiger partial charge >= 0.3 is 0 Å². The summed E-state index contributed by atoms with van der Waals surface area (Å²) in [6.45, 7) is 2.84. The number of aryl methyl sites for hydroxylation is 1. The van der Waals surface area contributed by atoms with Gasteiger partial charge in [-0.2, -0.15) is 0 Å². The van der Waals surface area contributed by atoms with E-state index in [0.29, 0.717) is 18.8 Å². The quantitative estimate of drug-likeness (QED) is 0.774. The molecule has 0 amide bonds. The first-order chi connectivity index (χ1) is 9.34. The van der Waals surface area contributed by atoms with E-state index in [1.807, 2.05) is 19.3 Å². The number of aromatic nitrogens is 1. The van der Waals surface area contributed by atoms with E-state index in [0.717, 1.165) is 12.8 Å². The van der Waals surface area contributed by atoms with E-state index in [9.17, 15) is 13.2 Å². The number of carbonyl (C=O) groups excluding carboxylic acids is 1. The van der Waals surface area contributed by atoms with Gasteiger partial charge in [-0.05, 0) is 24.5 Å². The van der Waals surface area contributed by atoms with E-state index in [1.54, 1.807) is 10.6 Å². The Morgan fingerprint density at radius 2 is 2.10 bits per heavy atom. The number of ketones is 1. The minimum absolute atomic E-state index is 0.0575. The Balaban J connectivity index is 2.24. The Morgan fingerprint density at radius 1 is 1.40 bits per heavy atom. The van der Waals surface area contributed by atoms with Gasteiger partial charge in [-0.15, -0.1) is 0 Å². The van der Waals surface area contributed by atoms with Crippen molar-refractivity contribution in [1.29, 1.82) is 0 Å². The van der Waals surface area contributed by atoms with Crippen molar-refractivity contribution in [2.24, 2.45) is 18.9 Å². The van der Waals surface area contributed by atoms with Gasteiger partial charge in [0.25, 0.3) is 0 Å². The maximum Gasteiger partial charge on any atom is 0.211 e. The molecule has 5 nitrogen and oxygen atoms in total. The van der Waals surface area contributed by atoms with Gasteiger partial charge in [0.15, 0.2) is 5.78 Å². The highest BCUT2D eigenvalue weighted by Gasteiger charge is 2.41.